The SMILES string of the molecule is O=C(N[C@@H]1CCCC[C@H]1O)c1cc(-c2ccc(Cl)cc2)cnc1OCC1CCC1. The predicted molar refractivity (Wildman–Crippen MR) is 113 cm³/mol. The van der Waals surface area contributed by atoms with E-state index in [9.17, 15) is 9.90 Å². The van der Waals surface area contributed by atoms with Gasteiger partial charge in [-0.15, -0.1) is 0 Å². The van der Waals surface area contributed by atoms with Crippen LogP contribution < -0.4 is 10.1 Å². The molecule has 29 heavy (non-hydrogen) atoms. The van der Waals surface area contributed by atoms with E-state index >= 15 is 0 Å². The predicted octanol–water partition coefficient (Wildman–Crippen LogP) is 4.61. The van der Waals surface area contributed by atoms with Crippen molar-refractivity contribution in [1.29, 1.82) is 0 Å². The molecule has 0 radical (unpaired) electrons. The first kappa shape index (κ1) is 20.2. The Balaban J connectivity index is 1.58. The number of halogens is 1. The molecule has 1 aromatic heterocycles. The molecule has 2 aliphatic rings. The molecule has 0 saturated heterocycles. The fourth-order valence-electron chi connectivity index (χ4n) is 3.91. The van der Waals surface area contributed by atoms with Crippen molar-refractivity contribution in [2.75, 3.05) is 6.61 Å². The minimum absolute atomic E-state index is 0.227. The van der Waals surface area contributed by atoms with Crippen LogP contribution in [-0.2, 0) is 0 Å². The summed E-state index contributed by atoms with van der Waals surface area (Å²) in [6.45, 7) is 0.583. The number of nitrogens with one attached hydrogen (secondary N) is 1. The molecule has 5 nitrogen and oxygen atoms in total. The van der Waals surface area contributed by atoms with Gasteiger partial charge in [0.2, 0.25) is 5.88 Å². The second kappa shape index (κ2) is 9.14. The molecule has 0 aliphatic heterocycles. The van der Waals surface area contributed by atoms with Gasteiger partial charge in [-0.25, -0.2) is 4.98 Å². The molecule has 2 saturated carbocycles. The summed E-state index contributed by atoms with van der Waals surface area (Å²) < 4.78 is 5.93. The minimum Gasteiger partial charge on any atom is -0.477 e. The second-order valence-corrected chi connectivity index (χ2v) is 8.56. The Hall–Kier alpha value is -2.11. The van der Waals surface area contributed by atoms with Crippen LogP contribution in [0.1, 0.15) is 55.3 Å². The van der Waals surface area contributed by atoms with E-state index < -0.39 is 6.10 Å². The third-order valence-electron chi connectivity index (χ3n) is 6.00. The standard InChI is InChI=1S/C23H27ClN2O3/c24-18-10-8-16(9-11-18)17-12-19(22(28)26-20-6-1-2-7-21(20)27)23(25-13-17)29-14-15-4-3-5-15/h8-13,15,20-21,27H,1-7,14H2,(H,26,28)/t20-,21-/m1/s1. The zero-order chi connectivity index (χ0) is 20.2. The maximum Gasteiger partial charge on any atom is 0.257 e. The number of carbonyl (C=O) groups is 1. The van der Waals surface area contributed by atoms with Gasteiger partial charge in [0.25, 0.3) is 5.91 Å². The number of hydrogen-bond acceptors (Lipinski definition) is 4. The highest BCUT2D eigenvalue weighted by atomic mass is 35.5. The maximum atomic E-state index is 13.1. The number of rotatable bonds is 6. The summed E-state index contributed by atoms with van der Waals surface area (Å²) in [7, 11) is 0. The van der Waals surface area contributed by atoms with E-state index in [0.29, 0.717) is 29.0 Å². The minimum atomic E-state index is -0.501. The summed E-state index contributed by atoms with van der Waals surface area (Å²) >= 11 is 5.99. The van der Waals surface area contributed by atoms with E-state index in [1.807, 2.05) is 30.3 Å². The monoisotopic (exact) mass is 414 g/mol. The second-order valence-electron chi connectivity index (χ2n) is 8.12. The van der Waals surface area contributed by atoms with Crippen molar-refractivity contribution in [3.63, 3.8) is 0 Å². The molecule has 1 amide bonds. The van der Waals surface area contributed by atoms with Crippen molar-refractivity contribution in [3.05, 3.63) is 47.1 Å². The summed E-state index contributed by atoms with van der Waals surface area (Å²) in [5, 5.41) is 13.9. The Labute approximate surface area is 176 Å². The summed E-state index contributed by atoms with van der Waals surface area (Å²) in [5.41, 5.74) is 2.17. The van der Waals surface area contributed by atoms with Crippen molar-refractivity contribution >= 4 is 17.5 Å². The van der Waals surface area contributed by atoms with Crippen LogP contribution in [0.4, 0.5) is 0 Å². The van der Waals surface area contributed by atoms with Gasteiger partial charge in [-0.2, -0.15) is 0 Å². The number of amides is 1. The first-order chi connectivity index (χ1) is 14.1. The van der Waals surface area contributed by atoms with E-state index in [0.717, 1.165) is 36.8 Å². The van der Waals surface area contributed by atoms with Gasteiger partial charge in [0.05, 0.1) is 18.8 Å². The number of pyridine rings is 1. The molecule has 2 atom stereocenters. The Morgan fingerprint density at radius 1 is 1.10 bits per heavy atom. The number of hydrogen-bond donors (Lipinski definition) is 2. The molecule has 2 aromatic rings. The van der Waals surface area contributed by atoms with Crippen molar-refractivity contribution in [2.24, 2.45) is 5.92 Å². The number of carbonyl (C=O) groups excluding carboxylic acids is 1. The third kappa shape index (κ3) is 4.90. The van der Waals surface area contributed by atoms with Gasteiger partial charge in [0.1, 0.15) is 5.56 Å². The lowest BCUT2D eigenvalue weighted by Gasteiger charge is -2.29. The van der Waals surface area contributed by atoms with E-state index in [1.54, 1.807) is 6.20 Å². The van der Waals surface area contributed by atoms with Gasteiger partial charge >= 0.3 is 0 Å². The highest BCUT2D eigenvalue weighted by molar-refractivity contribution is 6.30. The van der Waals surface area contributed by atoms with Crippen LogP contribution in [0.3, 0.4) is 0 Å². The molecule has 0 spiro atoms. The average Bonchev–Trinajstić information content (AvgIpc) is 2.69. The molecule has 2 N–H and O–H groups in total. The van der Waals surface area contributed by atoms with E-state index in [2.05, 4.69) is 10.3 Å². The van der Waals surface area contributed by atoms with Crippen molar-refractivity contribution in [2.45, 2.75) is 57.1 Å². The van der Waals surface area contributed by atoms with E-state index in [4.69, 9.17) is 16.3 Å². The normalized spacial score (nSPS) is 22.0. The lowest BCUT2D eigenvalue weighted by Crippen LogP contribution is -2.45. The summed E-state index contributed by atoms with van der Waals surface area (Å²) in [6.07, 6.45) is 8.31. The Bertz CT molecular complexity index is 852. The maximum absolute atomic E-state index is 13.1. The van der Waals surface area contributed by atoms with Gasteiger partial charge in [0, 0.05) is 16.8 Å². The zero-order valence-corrected chi connectivity index (χ0v) is 17.2. The highest BCUT2D eigenvalue weighted by Gasteiger charge is 2.27. The van der Waals surface area contributed by atoms with Gasteiger partial charge in [-0.1, -0.05) is 43.0 Å². The van der Waals surface area contributed by atoms with Crippen molar-refractivity contribution in [3.8, 4) is 17.0 Å². The third-order valence-corrected chi connectivity index (χ3v) is 6.25. The largest absolute Gasteiger partial charge is 0.477 e. The number of aliphatic hydroxyl groups excluding tert-OH is 1. The smallest absolute Gasteiger partial charge is 0.257 e. The lowest BCUT2D eigenvalue weighted by atomic mass is 9.86. The zero-order valence-electron chi connectivity index (χ0n) is 16.4. The molecule has 0 unspecified atom stereocenters. The summed E-state index contributed by atoms with van der Waals surface area (Å²) in [4.78, 5) is 17.5. The molecule has 154 valence electrons. The fourth-order valence-corrected chi connectivity index (χ4v) is 4.04. The van der Waals surface area contributed by atoms with Gasteiger partial charge < -0.3 is 15.2 Å². The Morgan fingerprint density at radius 2 is 1.86 bits per heavy atom. The van der Waals surface area contributed by atoms with Crippen LogP contribution in [0.2, 0.25) is 5.02 Å². The Kier molecular flexibility index (Phi) is 6.36. The number of aromatic nitrogens is 1. The Morgan fingerprint density at radius 3 is 2.55 bits per heavy atom. The van der Waals surface area contributed by atoms with E-state index in [-0.39, 0.29) is 11.9 Å². The number of ether oxygens (including phenoxy) is 1. The molecular formula is C23H27ClN2O3. The summed E-state index contributed by atoms with van der Waals surface area (Å²) in [6, 6.07) is 9.03. The quantitative estimate of drug-likeness (QED) is 0.723. The van der Waals surface area contributed by atoms with Gasteiger partial charge in [-0.05, 0) is 55.4 Å². The van der Waals surface area contributed by atoms with Gasteiger partial charge in [-0.3, -0.25) is 4.79 Å². The summed E-state index contributed by atoms with van der Waals surface area (Å²) in [5.74, 6) is 0.657. The van der Waals surface area contributed by atoms with Crippen LogP contribution in [0, 0.1) is 5.92 Å². The lowest BCUT2D eigenvalue weighted by molar-refractivity contribution is 0.0712. The molecule has 4 rings (SSSR count). The first-order valence-electron chi connectivity index (χ1n) is 10.5. The van der Waals surface area contributed by atoms with Crippen LogP contribution in [0.15, 0.2) is 36.5 Å². The molecule has 1 aromatic carbocycles. The molecule has 1 heterocycles. The molecule has 2 aliphatic carbocycles. The highest BCUT2D eigenvalue weighted by Crippen LogP contribution is 2.30. The van der Waals surface area contributed by atoms with Crippen LogP contribution in [0.5, 0.6) is 5.88 Å². The fraction of sp³-hybridized carbons (Fsp3) is 0.478. The molecular weight excluding hydrogens is 388 g/mol. The number of benzene rings is 1. The number of aliphatic hydroxyl groups is 1. The molecule has 0 bridgehead atoms. The molecule has 6 heteroatoms. The van der Waals surface area contributed by atoms with Crippen LogP contribution in [-0.4, -0.2) is 34.8 Å². The van der Waals surface area contributed by atoms with Gasteiger partial charge in [0.15, 0.2) is 0 Å². The van der Waals surface area contributed by atoms with Crippen molar-refractivity contribution < 1.29 is 14.6 Å². The van der Waals surface area contributed by atoms with E-state index in [1.165, 1.54) is 19.3 Å². The topological polar surface area (TPSA) is 71.5 Å². The first-order valence-corrected chi connectivity index (χ1v) is 10.9. The van der Waals surface area contributed by atoms with Crippen molar-refractivity contribution in [1.82, 2.24) is 10.3 Å². The van der Waals surface area contributed by atoms with Crippen LogP contribution in [0.25, 0.3) is 11.1 Å². The van der Waals surface area contributed by atoms with Crippen LogP contribution >= 0.6 is 11.6 Å². The number of nitrogens with zero attached hydrogens (tertiary/aromatic N) is 1. The molecule has 2 fully saturated rings. The average molecular weight is 415 g/mol.